The molecule has 0 saturated heterocycles. The van der Waals surface area contributed by atoms with Crippen LogP contribution in [0.25, 0.3) is 0 Å². The van der Waals surface area contributed by atoms with Gasteiger partial charge in [0.25, 0.3) is 0 Å². The van der Waals surface area contributed by atoms with Crippen LogP contribution in [0, 0.1) is 0 Å². The van der Waals surface area contributed by atoms with E-state index in [2.05, 4.69) is 10.3 Å². The monoisotopic (exact) mass is 274 g/mol. The summed E-state index contributed by atoms with van der Waals surface area (Å²) in [6.45, 7) is 2.18. The van der Waals surface area contributed by atoms with E-state index in [-0.39, 0.29) is 24.2 Å². The van der Waals surface area contributed by atoms with Crippen molar-refractivity contribution in [1.82, 2.24) is 19.9 Å². The van der Waals surface area contributed by atoms with Crippen LogP contribution in [0.5, 0.6) is 5.75 Å². The summed E-state index contributed by atoms with van der Waals surface area (Å²) in [6, 6.07) is 7.09. The molecule has 1 aromatic carbocycles. The van der Waals surface area contributed by atoms with Crippen molar-refractivity contribution in [2.24, 2.45) is 0 Å². The van der Waals surface area contributed by atoms with Crippen molar-refractivity contribution < 1.29 is 9.90 Å². The Morgan fingerprint density at radius 3 is 2.70 bits per heavy atom. The molecule has 1 atom stereocenters. The van der Waals surface area contributed by atoms with E-state index in [0.29, 0.717) is 0 Å². The summed E-state index contributed by atoms with van der Waals surface area (Å²) in [6.07, 6.45) is 3.95. The molecule has 1 N–H and O–H groups in total. The van der Waals surface area contributed by atoms with E-state index in [0.717, 1.165) is 12.0 Å². The Morgan fingerprint density at radius 2 is 2.10 bits per heavy atom. The van der Waals surface area contributed by atoms with E-state index in [9.17, 15) is 9.90 Å². The molecule has 1 heterocycles. The first-order valence-corrected chi connectivity index (χ1v) is 6.44. The molecule has 6 heteroatoms. The lowest BCUT2D eigenvalue weighted by molar-refractivity contribution is -0.132. The first kappa shape index (κ1) is 14.0. The third-order valence-corrected chi connectivity index (χ3v) is 3.29. The van der Waals surface area contributed by atoms with Gasteiger partial charge in [-0.2, -0.15) is 0 Å². The van der Waals surface area contributed by atoms with Crippen LogP contribution in [-0.4, -0.2) is 44.0 Å². The standard InChI is InChI=1S/C14H18N4O2/c1-11(9-12-3-5-13(19)6-4-12)17(2)14(20)10-18-8-7-15-16-18/h3-8,11,19H,9-10H2,1-2H3/t11-/m0/s1. The zero-order valence-corrected chi connectivity index (χ0v) is 11.6. The molecule has 6 nitrogen and oxygen atoms in total. The highest BCUT2D eigenvalue weighted by atomic mass is 16.3. The fraction of sp³-hybridized carbons (Fsp3) is 0.357. The number of carbonyl (C=O) groups is 1. The highest BCUT2D eigenvalue weighted by molar-refractivity contribution is 5.75. The lowest BCUT2D eigenvalue weighted by Crippen LogP contribution is -2.38. The number of rotatable bonds is 5. The summed E-state index contributed by atoms with van der Waals surface area (Å²) in [5.41, 5.74) is 1.08. The normalized spacial score (nSPS) is 12.1. The molecule has 1 amide bonds. The number of hydrogen-bond acceptors (Lipinski definition) is 4. The zero-order valence-electron chi connectivity index (χ0n) is 11.6. The van der Waals surface area contributed by atoms with Gasteiger partial charge < -0.3 is 10.0 Å². The van der Waals surface area contributed by atoms with Gasteiger partial charge in [0.15, 0.2) is 0 Å². The Kier molecular flexibility index (Phi) is 4.34. The summed E-state index contributed by atoms with van der Waals surface area (Å²) in [5.74, 6) is 0.235. The van der Waals surface area contributed by atoms with E-state index >= 15 is 0 Å². The van der Waals surface area contributed by atoms with E-state index in [1.807, 2.05) is 19.1 Å². The predicted octanol–water partition coefficient (Wildman–Crippen LogP) is 1.07. The number of hydrogen-bond donors (Lipinski definition) is 1. The van der Waals surface area contributed by atoms with Gasteiger partial charge in [0, 0.05) is 19.3 Å². The van der Waals surface area contributed by atoms with Crippen LogP contribution in [0.3, 0.4) is 0 Å². The molecule has 20 heavy (non-hydrogen) atoms. The molecule has 0 radical (unpaired) electrons. The Balaban J connectivity index is 1.92. The van der Waals surface area contributed by atoms with E-state index in [4.69, 9.17) is 0 Å². The molecule has 0 aliphatic heterocycles. The number of amides is 1. The average molecular weight is 274 g/mol. The maximum atomic E-state index is 12.1. The summed E-state index contributed by atoms with van der Waals surface area (Å²) in [5, 5.41) is 16.7. The fourth-order valence-electron chi connectivity index (χ4n) is 1.92. The first-order chi connectivity index (χ1) is 9.56. The van der Waals surface area contributed by atoms with Gasteiger partial charge in [-0.3, -0.25) is 4.79 Å². The van der Waals surface area contributed by atoms with Gasteiger partial charge >= 0.3 is 0 Å². The van der Waals surface area contributed by atoms with Crippen molar-refractivity contribution in [1.29, 1.82) is 0 Å². The number of nitrogens with zero attached hydrogens (tertiary/aromatic N) is 4. The number of aromatic hydroxyl groups is 1. The largest absolute Gasteiger partial charge is 0.508 e. The van der Waals surface area contributed by atoms with Gasteiger partial charge in [-0.25, -0.2) is 4.68 Å². The van der Waals surface area contributed by atoms with Crippen LogP contribution < -0.4 is 0 Å². The number of benzene rings is 1. The quantitative estimate of drug-likeness (QED) is 0.885. The lowest BCUT2D eigenvalue weighted by Gasteiger charge is -2.25. The van der Waals surface area contributed by atoms with Crippen LogP contribution in [0.4, 0.5) is 0 Å². The molecule has 0 fully saturated rings. The van der Waals surface area contributed by atoms with Crippen molar-refractivity contribution in [3.63, 3.8) is 0 Å². The second-order valence-electron chi connectivity index (χ2n) is 4.82. The van der Waals surface area contributed by atoms with Crippen molar-refractivity contribution in [3.8, 4) is 5.75 Å². The highest BCUT2D eigenvalue weighted by Gasteiger charge is 2.16. The van der Waals surface area contributed by atoms with Crippen LogP contribution >= 0.6 is 0 Å². The molecule has 0 aliphatic carbocycles. The fourth-order valence-corrected chi connectivity index (χ4v) is 1.92. The van der Waals surface area contributed by atoms with Crippen LogP contribution in [0.15, 0.2) is 36.7 Å². The minimum absolute atomic E-state index is 0.0122. The third kappa shape index (κ3) is 3.57. The van der Waals surface area contributed by atoms with Gasteiger partial charge in [0.2, 0.25) is 5.91 Å². The van der Waals surface area contributed by atoms with Crippen molar-refractivity contribution >= 4 is 5.91 Å². The van der Waals surface area contributed by atoms with E-state index < -0.39 is 0 Å². The van der Waals surface area contributed by atoms with Crippen LogP contribution in [0.2, 0.25) is 0 Å². The topological polar surface area (TPSA) is 71.2 Å². The first-order valence-electron chi connectivity index (χ1n) is 6.44. The molecule has 0 unspecified atom stereocenters. The molecule has 0 bridgehead atoms. The summed E-state index contributed by atoms with van der Waals surface area (Å²) in [7, 11) is 1.78. The molecule has 2 rings (SSSR count). The van der Waals surface area contributed by atoms with Crippen molar-refractivity contribution in [2.75, 3.05) is 7.05 Å². The SMILES string of the molecule is C[C@@H](Cc1ccc(O)cc1)N(C)C(=O)Cn1ccnn1. The van der Waals surface area contributed by atoms with Crippen molar-refractivity contribution in [2.45, 2.75) is 25.9 Å². The van der Waals surface area contributed by atoms with Gasteiger partial charge in [-0.15, -0.1) is 5.10 Å². The summed E-state index contributed by atoms with van der Waals surface area (Å²) in [4.78, 5) is 13.8. The number of phenolic OH excluding ortho intramolecular Hbond substituents is 1. The van der Waals surface area contributed by atoms with E-state index in [1.165, 1.54) is 4.68 Å². The third-order valence-electron chi connectivity index (χ3n) is 3.29. The molecule has 106 valence electrons. The Bertz CT molecular complexity index is 551. The summed E-state index contributed by atoms with van der Waals surface area (Å²) < 4.78 is 1.51. The van der Waals surface area contributed by atoms with Crippen LogP contribution in [0.1, 0.15) is 12.5 Å². The highest BCUT2D eigenvalue weighted by Crippen LogP contribution is 2.13. The molecule has 0 saturated carbocycles. The van der Waals surface area contributed by atoms with Crippen LogP contribution in [-0.2, 0) is 17.8 Å². The molecule has 0 spiro atoms. The Morgan fingerprint density at radius 1 is 1.40 bits per heavy atom. The van der Waals surface area contributed by atoms with Gasteiger partial charge in [0.05, 0.1) is 6.20 Å². The molecular weight excluding hydrogens is 256 g/mol. The summed E-state index contributed by atoms with van der Waals surface area (Å²) >= 11 is 0. The second kappa shape index (κ2) is 6.18. The Hall–Kier alpha value is -2.37. The van der Waals surface area contributed by atoms with Crippen molar-refractivity contribution in [3.05, 3.63) is 42.2 Å². The minimum Gasteiger partial charge on any atom is -0.508 e. The minimum atomic E-state index is -0.0122. The zero-order chi connectivity index (χ0) is 14.5. The molecular formula is C14H18N4O2. The maximum Gasteiger partial charge on any atom is 0.244 e. The van der Waals surface area contributed by atoms with Gasteiger partial charge in [0.1, 0.15) is 12.3 Å². The average Bonchev–Trinajstić information content (AvgIpc) is 2.93. The number of aromatic nitrogens is 3. The second-order valence-corrected chi connectivity index (χ2v) is 4.82. The van der Waals surface area contributed by atoms with Gasteiger partial charge in [-0.05, 0) is 31.0 Å². The smallest absolute Gasteiger partial charge is 0.244 e. The predicted molar refractivity (Wildman–Crippen MR) is 74.1 cm³/mol. The number of likely N-dealkylation sites (N-methyl/N-ethyl adjacent to an activating group) is 1. The molecule has 1 aromatic heterocycles. The Labute approximate surface area is 117 Å². The van der Waals surface area contributed by atoms with E-state index in [1.54, 1.807) is 36.5 Å². The molecule has 0 aliphatic rings. The molecule has 2 aromatic rings. The lowest BCUT2D eigenvalue weighted by atomic mass is 10.1. The number of carbonyl (C=O) groups excluding carboxylic acids is 1. The maximum absolute atomic E-state index is 12.1. The number of phenols is 1. The van der Waals surface area contributed by atoms with Gasteiger partial charge in [-0.1, -0.05) is 17.3 Å².